The molecule has 0 atom stereocenters. The molecule has 1 aliphatic carbocycles. The normalized spacial score (nSPS) is 21.5. The lowest BCUT2D eigenvalue weighted by Gasteiger charge is -2.29. The van der Waals surface area contributed by atoms with Crippen molar-refractivity contribution in [3.05, 3.63) is 5.89 Å². The van der Waals surface area contributed by atoms with Gasteiger partial charge in [0.25, 0.3) is 0 Å². The van der Waals surface area contributed by atoms with Crippen LogP contribution in [0.15, 0.2) is 4.42 Å². The minimum absolute atomic E-state index is 0.678. The summed E-state index contributed by atoms with van der Waals surface area (Å²) in [6, 6.07) is 1.37. The van der Waals surface area contributed by atoms with Gasteiger partial charge >= 0.3 is 6.01 Å². The minimum atomic E-state index is 0.678. The third-order valence-corrected chi connectivity index (χ3v) is 4.76. The summed E-state index contributed by atoms with van der Waals surface area (Å²) in [5.74, 6) is 0.712. The van der Waals surface area contributed by atoms with Crippen molar-refractivity contribution in [3.63, 3.8) is 0 Å². The van der Waals surface area contributed by atoms with E-state index in [1.807, 2.05) is 11.8 Å². The molecule has 0 aromatic carbocycles. The van der Waals surface area contributed by atoms with Crippen molar-refractivity contribution in [1.29, 1.82) is 0 Å². The average Bonchev–Trinajstić information content (AvgIpc) is 3.14. The van der Waals surface area contributed by atoms with E-state index in [-0.39, 0.29) is 0 Å². The quantitative estimate of drug-likeness (QED) is 0.876. The van der Waals surface area contributed by atoms with Gasteiger partial charge in [0.2, 0.25) is 5.89 Å². The topological polar surface area (TPSA) is 54.2 Å². The van der Waals surface area contributed by atoms with Crippen molar-refractivity contribution in [2.24, 2.45) is 0 Å². The summed E-state index contributed by atoms with van der Waals surface area (Å²) in [5, 5.41) is 12.4. The predicted octanol–water partition coefficient (Wildman–Crippen LogP) is 1.65. The van der Waals surface area contributed by atoms with E-state index in [4.69, 9.17) is 4.42 Å². The monoisotopic (exact) mass is 268 g/mol. The largest absolute Gasteiger partial charge is 0.407 e. The minimum Gasteiger partial charge on any atom is -0.407 e. The molecule has 1 aromatic rings. The number of rotatable bonds is 5. The van der Waals surface area contributed by atoms with Gasteiger partial charge in [0.15, 0.2) is 0 Å². The van der Waals surface area contributed by atoms with Crippen molar-refractivity contribution in [2.45, 2.75) is 43.5 Å². The van der Waals surface area contributed by atoms with E-state index in [2.05, 4.69) is 26.7 Å². The van der Waals surface area contributed by atoms with Crippen LogP contribution in [-0.4, -0.2) is 40.8 Å². The third kappa shape index (κ3) is 2.98. The van der Waals surface area contributed by atoms with Crippen LogP contribution in [0.4, 0.5) is 6.01 Å². The molecule has 0 amide bonds. The molecule has 1 saturated heterocycles. The van der Waals surface area contributed by atoms with E-state index in [0.717, 1.165) is 18.3 Å². The first-order valence-corrected chi connectivity index (χ1v) is 7.97. The van der Waals surface area contributed by atoms with Crippen LogP contribution in [-0.2, 0) is 6.54 Å². The number of hydrogen-bond donors (Lipinski definition) is 1. The number of piperidine rings is 1. The van der Waals surface area contributed by atoms with Gasteiger partial charge in [-0.05, 0) is 31.9 Å². The summed E-state index contributed by atoms with van der Waals surface area (Å²) in [4.78, 5) is 2.21. The van der Waals surface area contributed by atoms with Crippen LogP contribution >= 0.6 is 11.8 Å². The Morgan fingerprint density at radius 3 is 2.72 bits per heavy atom. The van der Waals surface area contributed by atoms with Gasteiger partial charge in [0.05, 0.1) is 6.54 Å². The Labute approximate surface area is 112 Å². The van der Waals surface area contributed by atoms with Crippen LogP contribution in [0.2, 0.25) is 0 Å². The maximum absolute atomic E-state index is 5.70. The van der Waals surface area contributed by atoms with Crippen molar-refractivity contribution in [1.82, 2.24) is 15.5 Å². The molecule has 5 nitrogen and oxygen atoms in total. The molecule has 2 heterocycles. The molecule has 18 heavy (non-hydrogen) atoms. The molecule has 2 fully saturated rings. The van der Waals surface area contributed by atoms with Gasteiger partial charge in [-0.15, -0.1) is 5.10 Å². The lowest BCUT2D eigenvalue weighted by Crippen LogP contribution is -2.34. The molecule has 1 aliphatic heterocycles. The number of thioether (sulfide) groups is 1. The molecule has 0 radical (unpaired) electrons. The Bertz CT molecular complexity index is 385. The van der Waals surface area contributed by atoms with Gasteiger partial charge in [-0.25, -0.2) is 0 Å². The molecule has 2 aliphatic rings. The summed E-state index contributed by atoms with van der Waals surface area (Å²) in [7, 11) is 0. The fourth-order valence-electron chi connectivity index (χ4n) is 2.25. The van der Waals surface area contributed by atoms with Crippen molar-refractivity contribution < 1.29 is 4.42 Å². The standard InChI is InChI=1S/C12H20N4OS/c1-18-10-4-6-16(7-5-10)12-15-14-11(17-12)8-13-9-2-3-9/h9-10,13H,2-8H2,1H3. The highest BCUT2D eigenvalue weighted by atomic mass is 32.2. The summed E-state index contributed by atoms with van der Waals surface area (Å²) < 4.78 is 5.70. The Balaban J connectivity index is 1.52. The molecule has 1 N–H and O–H groups in total. The molecule has 0 spiro atoms. The third-order valence-electron chi connectivity index (χ3n) is 3.62. The van der Waals surface area contributed by atoms with Gasteiger partial charge in [0, 0.05) is 24.4 Å². The van der Waals surface area contributed by atoms with E-state index in [0.29, 0.717) is 24.5 Å². The Kier molecular flexibility index (Phi) is 3.75. The highest BCUT2D eigenvalue weighted by Crippen LogP contribution is 2.24. The molecular weight excluding hydrogens is 248 g/mol. The van der Waals surface area contributed by atoms with Crippen LogP contribution < -0.4 is 10.2 Å². The van der Waals surface area contributed by atoms with Gasteiger partial charge in [-0.2, -0.15) is 11.8 Å². The lowest BCUT2D eigenvalue weighted by atomic mass is 10.1. The lowest BCUT2D eigenvalue weighted by molar-refractivity contribution is 0.447. The number of nitrogens with one attached hydrogen (secondary N) is 1. The van der Waals surface area contributed by atoms with Crippen molar-refractivity contribution in [3.8, 4) is 0 Å². The first kappa shape index (κ1) is 12.3. The second kappa shape index (κ2) is 5.48. The van der Waals surface area contributed by atoms with Crippen LogP contribution in [0.5, 0.6) is 0 Å². The van der Waals surface area contributed by atoms with E-state index >= 15 is 0 Å². The Morgan fingerprint density at radius 1 is 1.28 bits per heavy atom. The second-order valence-corrected chi connectivity index (χ2v) is 6.19. The maximum Gasteiger partial charge on any atom is 0.318 e. The predicted molar refractivity (Wildman–Crippen MR) is 72.9 cm³/mol. The molecule has 6 heteroatoms. The number of aromatic nitrogens is 2. The SMILES string of the molecule is CSC1CCN(c2nnc(CNC3CC3)o2)CC1. The molecule has 3 rings (SSSR count). The fourth-order valence-corrected chi connectivity index (χ4v) is 2.93. The first-order valence-electron chi connectivity index (χ1n) is 6.68. The highest BCUT2D eigenvalue weighted by molar-refractivity contribution is 7.99. The molecule has 1 saturated carbocycles. The number of nitrogens with zero attached hydrogens (tertiary/aromatic N) is 3. The summed E-state index contributed by atoms with van der Waals surface area (Å²) >= 11 is 1.96. The maximum atomic E-state index is 5.70. The molecule has 0 bridgehead atoms. The molecule has 1 aromatic heterocycles. The van der Waals surface area contributed by atoms with E-state index in [9.17, 15) is 0 Å². The van der Waals surface area contributed by atoms with Crippen LogP contribution in [0.25, 0.3) is 0 Å². The Morgan fingerprint density at radius 2 is 2.06 bits per heavy atom. The van der Waals surface area contributed by atoms with E-state index < -0.39 is 0 Å². The van der Waals surface area contributed by atoms with E-state index in [1.54, 1.807) is 0 Å². The van der Waals surface area contributed by atoms with E-state index in [1.165, 1.54) is 25.7 Å². The fraction of sp³-hybridized carbons (Fsp3) is 0.833. The van der Waals surface area contributed by atoms with Gasteiger partial charge in [-0.1, -0.05) is 5.10 Å². The molecule has 100 valence electrons. The summed E-state index contributed by atoms with van der Waals surface area (Å²) in [6.07, 6.45) is 7.17. The van der Waals surface area contributed by atoms with Gasteiger partial charge < -0.3 is 14.6 Å². The van der Waals surface area contributed by atoms with Crippen LogP contribution in [0.3, 0.4) is 0 Å². The smallest absolute Gasteiger partial charge is 0.318 e. The van der Waals surface area contributed by atoms with Gasteiger partial charge in [0.1, 0.15) is 0 Å². The number of anilines is 1. The Hall–Kier alpha value is -0.750. The zero-order chi connectivity index (χ0) is 12.4. The summed E-state index contributed by atoms with van der Waals surface area (Å²) in [6.45, 7) is 2.77. The highest BCUT2D eigenvalue weighted by Gasteiger charge is 2.24. The zero-order valence-electron chi connectivity index (χ0n) is 10.8. The summed E-state index contributed by atoms with van der Waals surface area (Å²) in [5.41, 5.74) is 0. The first-order chi connectivity index (χ1) is 8.85. The van der Waals surface area contributed by atoms with Gasteiger partial charge in [-0.3, -0.25) is 0 Å². The van der Waals surface area contributed by atoms with Crippen LogP contribution in [0, 0.1) is 0 Å². The van der Waals surface area contributed by atoms with Crippen molar-refractivity contribution in [2.75, 3.05) is 24.2 Å². The number of hydrogen-bond acceptors (Lipinski definition) is 6. The molecule has 0 unspecified atom stereocenters. The second-order valence-electron chi connectivity index (χ2n) is 5.06. The molecular formula is C12H20N4OS. The average molecular weight is 268 g/mol. The zero-order valence-corrected chi connectivity index (χ0v) is 11.6. The van der Waals surface area contributed by atoms with Crippen LogP contribution in [0.1, 0.15) is 31.6 Å². The van der Waals surface area contributed by atoms with Crippen molar-refractivity contribution >= 4 is 17.8 Å².